The average molecular weight is 632 g/mol. The van der Waals surface area contributed by atoms with Gasteiger partial charge in [0, 0.05) is 26.4 Å². The van der Waals surface area contributed by atoms with Gasteiger partial charge in [0.1, 0.15) is 30.5 Å². The maximum atomic E-state index is 6.79. The number of hydrogen-bond donors (Lipinski definition) is 1. The molecule has 2 aliphatic rings. The van der Waals surface area contributed by atoms with Gasteiger partial charge in [-0.05, 0) is 46.0 Å². The number of ether oxygens (including phenoxy) is 8. The fourth-order valence-corrected chi connectivity index (χ4v) is 5.77. The monoisotopic (exact) mass is 632 g/mol. The molecule has 2 saturated heterocycles. The van der Waals surface area contributed by atoms with E-state index in [1.54, 1.807) is 0 Å². The van der Waals surface area contributed by atoms with Crippen LogP contribution in [0.4, 0.5) is 0 Å². The van der Waals surface area contributed by atoms with Crippen LogP contribution in [0.25, 0.3) is 0 Å². The van der Waals surface area contributed by atoms with E-state index in [2.05, 4.69) is 34.6 Å². The summed E-state index contributed by atoms with van der Waals surface area (Å²) in [5.41, 5.74) is 6.79. The number of unbranched alkanes of at least 4 members (excludes halogenated alkanes) is 7. The molecule has 2 aliphatic heterocycles. The van der Waals surface area contributed by atoms with E-state index in [1.807, 2.05) is 13.8 Å². The lowest BCUT2D eigenvalue weighted by atomic mass is 9.97. The highest BCUT2D eigenvalue weighted by molar-refractivity contribution is 4.94. The SMILES string of the molecule is CCCCCC[C@H]1OC(C)(C)O[C@H]1[C@@H](N)COC1OC(COCCCC)C(OCCCC)C(OCCCC)C1OCCCC. The number of hydrogen-bond acceptors (Lipinski definition) is 9. The van der Waals surface area contributed by atoms with Crippen LogP contribution >= 0.6 is 0 Å². The minimum absolute atomic E-state index is 0.0643. The van der Waals surface area contributed by atoms with E-state index in [0.717, 1.165) is 64.2 Å². The number of nitrogens with two attached hydrogens (primary N) is 1. The Bertz CT molecular complexity index is 698. The quantitative estimate of drug-likeness (QED) is 0.102. The van der Waals surface area contributed by atoms with Gasteiger partial charge < -0.3 is 43.6 Å². The van der Waals surface area contributed by atoms with Crippen molar-refractivity contribution in [3.8, 4) is 0 Å². The molecule has 0 amide bonds. The topological polar surface area (TPSA) is 99.9 Å². The average Bonchev–Trinajstić information content (AvgIpc) is 3.32. The Morgan fingerprint density at radius 3 is 1.80 bits per heavy atom. The van der Waals surface area contributed by atoms with Gasteiger partial charge in [0.25, 0.3) is 0 Å². The van der Waals surface area contributed by atoms with Crippen LogP contribution in [0.1, 0.15) is 132 Å². The van der Waals surface area contributed by atoms with E-state index >= 15 is 0 Å². The molecule has 5 unspecified atom stereocenters. The van der Waals surface area contributed by atoms with Crippen LogP contribution < -0.4 is 5.73 Å². The van der Waals surface area contributed by atoms with Crippen LogP contribution in [0.2, 0.25) is 0 Å². The van der Waals surface area contributed by atoms with Crippen molar-refractivity contribution in [1.29, 1.82) is 0 Å². The molecule has 0 aliphatic carbocycles. The van der Waals surface area contributed by atoms with E-state index in [4.69, 9.17) is 43.6 Å². The predicted molar refractivity (Wildman–Crippen MR) is 175 cm³/mol. The van der Waals surface area contributed by atoms with E-state index in [0.29, 0.717) is 33.0 Å². The van der Waals surface area contributed by atoms with Crippen molar-refractivity contribution in [2.45, 2.75) is 187 Å². The van der Waals surface area contributed by atoms with Gasteiger partial charge in [-0.25, -0.2) is 0 Å². The van der Waals surface area contributed by atoms with Crippen LogP contribution in [0, 0.1) is 0 Å². The first-order valence-corrected chi connectivity index (χ1v) is 18.1. The molecular formula is C35H69NO8. The minimum Gasteiger partial charge on any atom is -0.379 e. The molecule has 0 saturated carbocycles. The Kier molecular flexibility index (Phi) is 20.9. The second kappa shape index (κ2) is 23.0. The summed E-state index contributed by atoms with van der Waals surface area (Å²) in [5.74, 6) is -0.674. The summed E-state index contributed by atoms with van der Waals surface area (Å²) in [4.78, 5) is 0. The maximum absolute atomic E-state index is 6.79. The maximum Gasteiger partial charge on any atom is 0.186 e. The Morgan fingerprint density at radius 1 is 0.614 bits per heavy atom. The fourth-order valence-electron chi connectivity index (χ4n) is 5.77. The summed E-state index contributed by atoms with van der Waals surface area (Å²) in [6.07, 6.45) is 11.2. The van der Waals surface area contributed by atoms with Gasteiger partial charge in [-0.1, -0.05) is 86.0 Å². The normalized spacial score (nSPS) is 29.3. The zero-order valence-corrected chi connectivity index (χ0v) is 29.4. The van der Waals surface area contributed by atoms with Crippen LogP contribution in [-0.2, 0) is 37.9 Å². The first-order chi connectivity index (χ1) is 21.3. The second-order valence-corrected chi connectivity index (χ2v) is 13.0. The minimum atomic E-state index is -0.674. The van der Waals surface area contributed by atoms with Crippen LogP contribution in [0.5, 0.6) is 0 Å². The molecule has 0 bridgehead atoms. The Hall–Kier alpha value is -0.360. The third-order valence-corrected chi connectivity index (χ3v) is 8.38. The van der Waals surface area contributed by atoms with Crippen molar-refractivity contribution < 1.29 is 37.9 Å². The Labute approximate surface area is 269 Å². The lowest BCUT2D eigenvalue weighted by Crippen LogP contribution is -2.62. The zero-order valence-electron chi connectivity index (χ0n) is 29.4. The fraction of sp³-hybridized carbons (Fsp3) is 1.00. The van der Waals surface area contributed by atoms with Crippen molar-refractivity contribution in [3.63, 3.8) is 0 Å². The van der Waals surface area contributed by atoms with Gasteiger partial charge in [-0.3, -0.25) is 0 Å². The van der Waals surface area contributed by atoms with Gasteiger partial charge in [-0.2, -0.15) is 0 Å². The molecular weight excluding hydrogens is 562 g/mol. The molecule has 0 aromatic carbocycles. The molecule has 262 valence electrons. The molecule has 2 fully saturated rings. The van der Waals surface area contributed by atoms with Crippen LogP contribution in [0.15, 0.2) is 0 Å². The molecule has 0 radical (unpaired) electrons. The van der Waals surface area contributed by atoms with Gasteiger partial charge in [0.05, 0.1) is 25.4 Å². The summed E-state index contributed by atoms with van der Waals surface area (Å²) in [5, 5.41) is 0. The Morgan fingerprint density at radius 2 is 1.18 bits per heavy atom. The van der Waals surface area contributed by atoms with Gasteiger partial charge in [-0.15, -0.1) is 0 Å². The molecule has 2 N–H and O–H groups in total. The van der Waals surface area contributed by atoms with E-state index in [9.17, 15) is 0 Å². The van der Waals surface area contributed by atoms with Crippen LogP contribution in [0.3, 0.4) is 0 Å². The van der Waals surface area contributed by atoms with Crippen molar-refractivity contribution in [2.24, 2.45) is 5.73 Å². The molecule has 0 aromatic rings. The second-order valence-electron chi connectivity index (χ2n) is 13.0. The van der Waals surface area contributed by atoms with Crippen molar-refractivity contribution in [2.75, 3.05) is 39.6 Å². The first-order valence-electron chi connectivity index (χ1n) is 18.1. The lowest BCUT2D eigenvalue weighted by Gasteiger charge is -2.46. The highest BCUT2D eigenvalue weighted by Gasteiger charge is 2.50. The smallest absolute Gasteiger partial charge is 0.186 e. The molecule has 0 aromatic heterocycles. The van der Waals surface area contributed by atoms with Crippen molar-refractivity contribution in [3.05, 3.63) is 0 Å². The zero-order chi connectivity index (χ0) is 32.2. The molecule has 44 heavy (non-hydrogen) atoms. The van der Waals surface area contributed by atoms with Crippen molar-refractivity contribution >= 4 is 0 Å². The summed E-state index contributed by atoms with van der Waals surface area (Å²) >= 11 is 0. The molecule has 2 heterocycles. The largest absolute Gasteiger partial charge is 0.379 e. The summed E-state index contributed by atoms with van der Waals surface area (Å²) < 4.78 is 51.4. The predicted octanol–water partition coefficient (Wildman–Crippen LogP) is 6.92. The van der Waals surface area contributed by atoms with Crippen LogP contribution in [-0.4, -0.2) is 94.4 Å². The molecule has 9 heteroatoms. The summed E-state index contributed by atoms with van der Waals surface area (Å²) in [6, 6.07) is -0.384. The van der Waals surface area contributed by atoms with Crippen molar-refractivity contribution in [1.82, 2.24) is 0 Å². The Balaban J connectivity index is 2.23. The third kappa shape index (κ3) is 14.2. The van der Waals surface area contributed by atoms with E-state index in [-0.39, 0.29) is 43.2 Å². The van der Waals surface area contributed by atoms with Gasteiger partial charge >= 0.3 is 0 Å². The lowest BCUT2D eigenvalue weighted by molar-refractivity contribution is -0.325. The summed E-state index contributed by atoms with van der Waals surface area (Å²) in [7, 11) is 0. The van der Waals surface area contributed by atoms with Gasteiger partial charge in [0.2, 0.25) is 0 Å². The standard InChI is InChI=1S/C35H69NO8/c1-8-13-18-19-20-28-30(44-35(6,7)43-28)27(36)25-41-34-33(40-24-17-12-5)32(39-23-16-11-4)31(38-22-15-10-3)29(42-34)26-37-21-14-9-2/h27-34H,8-26,36H2,1-7H3/t27-,28+,29?,30-,31?,32?,33?,34?/m0/s1. The highest BCUT2D eigenvalue weighted by Crippen LogP contribution is 2.34. The highest BCUT2D eigenvalue weighted by atomic mass is 16.8. The molecule has 8 atom stereocenters. The summed E-state index contributed by atoms with van der Waals surface area (Å²) in [6.45, 7) is 18.0. The third-order valence-electron chi connectivity index (χ3n) is 8.38. The van der Waals surface area contributed by atoms with E-state index < -0.39 is 18.2 Å². The van der Waals surface area contributed by atoms with Gasteiger partial charge in [0.15, 0.2) is 12.1 Å². The van der Waals surface area contributed by atoms with E-state index in [1.165, 1.54) is 19.3 Å². The first kappa shape index (κ1) is 39.8. The number of rotatable bonds is 26. The molecule has 0 spiro atoms. The molecule has 2 rings (SSSR count). The molecule has 9 nitrogen and oxygen atoms in total.